The van der Waals surface area contributed by atoms with Crippen LogP contribution in [-0.2, 0) is 17.8 Å². The number of carbonyl (C=O) groups is 2. The maximum Gasteiger partial charge on any atom is 0.289 e. The highest BCUT2D eigenvalue weighted by atomic mass is 19.1. The number of carbonyl (C=O) groups excluding carboxylic acids is 2. The van der Waals surface area contributed by atoms with E-state index in [4.69, 9.17) is 4.42 Å². The van der Waals surface area contributed by atoms with Crippen LogP contribution in [0.2, 0.25) is 0 Å². The molecule has 3 heterocycles. The number of hydrogen-bond donors (Lipinski definition) is 0. The molecule has 0 unspecified atom stereocenters. The van der Waals surface area contributed by atoms with Gasteiger partial charge in [0.15, 0.2) is 5.76 Å². The van der Waals surface area contributed by atoms with Gasteiger partial charge in [-0.3, -0.25) is 9.59 Å². The summed E-state index contributed by atoms with van der Waals surface area (Å²) < 4.78 is 20.6. The van der Waals surface area contributed by atoms with Crippen molar-refractivity contribution in [2.45, 2.75) is 13.0 Å². The molecule has 0 radical (unpaired) electrons. The molecule has 0 atom stereocenters. The van der Waals surface area contributed by atoms with E-state index in [2.05, 4.69) is 4.57 Å². The minimum atomic E-state index is -0.256. The number of para-hydroxylation sites is 1. The van der Waals surface area contributed by atoms with Crippen LogP contribution in [-0.4, -0.2) is 52.4 Å². The second-order valence-electron chi connectivity index (χ2n) is 8.25. The first-order valence-corrected chi connectivity index (χ1v) is 11.0. The summed E-state index contributed by atoms with van der Waals surface area (Å²) in [6, 6.07) is 17.8. The SMILES string of the molecule is O=C(Cc1cn(Cc2ccc(F)cc2)c2ccccc12)N1CCN(C(=O)c2ccco2)CC1. The topological polar surface area (TPSA) is 58.7 Å². The fourth-order valence-electron chi connectivity index (χ4n) is 4.37. The van der Waals surface area contributed by atoms with Crippen molar-refractivity contribution in [3.8, 4) is 0 Å². The molecule has 168 valence electrons. The van der Waals surface area contributed by atoms with Crippen molar-refractivity contribution in [1.29, 1.82) is 0 Å². The second kappa shape index (κ2) is 8.94. The molecule has 2 aromatic heterocycles. The predicted molar refractivity (Wildman–Crippen MR) is 122 cm³/mol. The number of piperazine rings is 1. The van der Waals surface area contributed by atoms with Crippen LogP contribution in [0.5, 0.6) is 0 Å². The lowest BCUT2D eigenvalue weighted by Gasteiger charge is -2.34. The molecule has 7 heteroatoms. The van der Waals surface area contributed by atoms with Gasteiger partial charge >= 0.3 is 0 Å². The normalized spacial score (nSPS) is 14.1. The van der Waals surface area contributed by atoms with E-state index in [-0.39, 0.29) is 17.6 Å². The van der Waals surface area contributed by atoms with Crippen molar-refractivity contribution in [2.24, 2.45) is 0 Å². The van der Waals surface area contributed by atoms with Crippen molar-refractivity contribution in [1.82, 2.24) is 14.4 Å². The Bertz CT molecular complexity index is 1270. The molecule has 2 amide bonds. The third-order valence-electron chi connectivity index (χ3n) is 6.13. The van der Waals surface area contributed by atoms with Crippen LogP contribution in [0, 0.1) is 5.82 Å². The van der Waals surface area contributed by atoms with Crippen LogP contribution >= 0.6 is 0 Å². The zero-order valence-corrected chi connectivity index (χ0v) is 18.1. The molecular formula is C26H24FN3O3. The van der Waals surface area contributed by atoms with Crippen molar-refractivity contribution >= 4 is 22.7 Å². The Kier molecular flexibility index (Phi) is 5.69. The first-order chi connectivity index (χ1) is 16.1. The first kappa shape index (κ1) is 21.0. The van der Waals surface area contributed by atoms with Gasteiger partial charge in [0.05, 0.1) is 12.7 Å². The van der Waals surface area contributed by atoms with Crippen LogP contribution in [0.4, 0.5) is 4.39 Å². The number of furan rings is 1. The van der Waals surface area contributed by atoms with E-state index in [1.165, 1.54) is 18.4 Å². The fourth-order valence-corrected chi connectivity index (χ4v) is 4.37. The molecule has 2 aromatic carbocycles. The smallest absolute Gasteiger partial charge is 0.289 e. The number of halogens is 1. The molecule has 4 aromatic rings. The molecule has 1 aliphatic rings. The summed E-state index contributed by atoms with van der Waals surface area (Å²) in [4.78, 5) is 29.1. The Labute approximate surface area is 190 Å². The van der Waals surface area contributed by atoms with Gasteiger partial charge in [0.1, 0.15) is 5.82 Å². The molecule has 0 spiro atoms. The molecule has 0 saturated carbocycles. The van der Waals surface area contributed by atoms with Gasteiger partial charge < -0.3 is 18.8 Å². The van der Waals surface area contributed by atoms with Crippen molar-refractivity contribution < 1.29 is 18.4 Å². The Morgan fingerprint density at radius 1 is 0.879 bits per heavy atom. The Hall–Kier alpha value is -3.87. The highest BCUT2D eigenvalue weighted by Crippen LogP contribution is 2.24. The van der Waals surface area contributed by atoms with Gasteiger partial charge in [0.25, 0.3) is 5.91 Å². The van der Waals surface area contributed by atoms with Crippen LogP contribution in [0.25, 0.3) is 10.9 Å². The van der Waals surface area contributed by atoms with Crippen molar-refractivity contribution in [3.05, 3.63) is 95.8 Å². The summed E-state index contributed by atoms with van der Waals surface area (Å²) in [7, 11) is 0. The third-order valence-corrected chi connectivity index (χ3v) is 6.13. The highest BCUT2D eigenvalue weighted by molar-refractivity contribution is 5.92. The number of benzene rings is 2. The molecule has 0 aliphatic carbocycles. The summed E-state index contributed by atoms with van der Waals surface area (Å²) in [5, 5.41) is 1.04. The number of nitrogens with zero attached hydrogens (tertiary/aromatic N) is 3. The van der Waals surface area contributed by atoms with Gasteiger partial charge in [-0.1, -0.05) is 30.3 Å². The minimum Gasteiger partial charge on any atom is -0.459 e. The summed E-state index contributed by atoms with van der Waals surface area (Å²) in [5.41, 5.74) is 3.00. The lowest BCUT2D eigenvalue weighted by atomic mass is 10.1. The van der Waals surface area contributed by atoms with E-state index in [9.17, 15) is 14.0 Å². The van der Waals surface area contributed by atoms with Crippen LogP contribution in [0.3, 0.4) is 0 Å². The van der Waals surface area contributed by atoms with E-state index in [0.29, 0.717) is 44.9 Å². The standard InChI is InChI=1S/C26H24FN3O3/c27-21-9-7-19(8-10-21)17-30-18-20(22-4-1-2-5-23(22)30)16-25(31)28-11-13-29(14-12-28)26(32)24-6-3-15-33-24/h1-10,15,18H,11-14,16-17H2. The van der Waals surface area contributed by atoms with E-state index in [1.54, 1.807) is 29.2 Å². The van der Waals surface area contributed by atoms with E-state index >= 15 is 0 Å². The summed E-state index contributed by atoms with van der Waals surface area (Å²) in [6.07, 6.45) is 3.80. The van der Waals surface area contributed by atoms with E-state index in [0.717, 1.165) is 22.0 Å². The molecule has 5 rings (SSSR count). The van der Waals surface area contributed by atoms with Crippen molar-refractivity contribution in [2.75, 3.05) is 26.2 Å². The molecule has 0 N–H and O–H groups in total. The molecule has 33 heavy (non-hydrogen) atoms. The summed E-state index contributed by atoms with van der Waals surface area (Å²) >= 11 is 0. The highest BCUT2D eigenvalue weighted by Gasteiger charge is 2.26. The maximum atomic E-state index is 13.3. The molecule has 6 nitrogen and oxygen atoms in total. The lowest BCUT2D eigenvalue weighted by Crippen LogP contribution is -2.50. The number of rotatable bonds is 5. The second-order valence-corrected chi connectivity index (χ2v) is 8.25. The van der Waals surface area contributed by atoms with Gasteiger partial charge in [-0.25, -0.2) is 4.39 Å². The lowest BCUT2D eigenvalue weighted by molar-refractivity contribution is -0.131. The number of fused-ring (bicyclic) bond motifs is 1. The van der Waals surface area contributed by atoms with Gasteiger partial charge in [0, 0.05) is 49.8 Å². The quantitative estimate of drug-likeness (QED) is 0.467. The number of aromatic nitrogens is 1. The van der Waals surface area contributed by atoms with Gasteiger partial charge in [-0.15, -0.1) is 0 Å². The summed E-state index contributed by atoms with van der Waals surface area (Å²) in [6.45, 7) is 2.57. The molecular weight excluding hydrogens is 421 g/mol. The van der Waals surface area contributed by atoms with Crippen molar-refractivity contribution in [3.63, 3.8) is 0 Å². The summed E-state index contributed by atoms with van der Waals surface area (Å²) in [5.74, 6) is -0.0298. The largest absolute Gasteiger partial charge is 0.459 e. The molecule has 0 bridgehead atoms. The zero-order chi connectivity index (χ0) is 22.8. The average molecular weight is 445 g/mol. The Balaban J connectivity index is 1.28. The first-order valence-electron chi connectivity index (χ1n) is 11.0. The van der Waals surface area contributed by atoms with Crippen LogP contribution in [0.15, 0.2) is 77.5 Å². The minimum absolute atomic E-state index is 0.0461. The average Bonchev–Trinajstić information content (AvgIpc) is 3.50. The van der Waals surface area contributed by atoms with Crippen LogP contribution in [0.1, 0.15) is 21.7 Å². The van der Waals surface area contributed by atoms with Gasteiger partial charge in [-0.2, -0.15) is 0 Å². The Morgan fingerprint density at radius 2 is 1.61 bits per heavy atom. The predicted octanol–water partition coefficient (Wildman–Crippen LogP) is 3.95. The number of amides is 2. The van der Waals surface area contributed by atoms with Gasteiger partial charge in [-0.05, 0) is 41.5 Å². The Morgan fingerprint density at radius 3 is 2.33 bits per heavy atom. The fraction of sp³-hybridized carbons (Fsp3) is 0.231. The van der Waals surface area contributed by atoms with Gasteiger partial charge in [0.2, 0.25) is 5.91 Å². The molecule has 1 fully saturated rings. The molecule has 1 saturated heterocycles. The van der Waals surface area contributed by atoms with E-state index in [1.807, 2.05) is 35.4 Å². The number of hydrogen-bond acceptors (Lipinski definition) is 3. The zero-order valence-electron chi connectivity index (χ0n) is 18.1. The van der Waals surface area contributed by atoms with Crippen LogP contribution < -0.4 is 0 Å². The third kappa shape index (κ3) is 4.39. The monoisotopic (exact) mass is 445 g/mol. The molecule has 1 aliphatic heterocycles. The van der Waals surface area contributed by atoms with E-state index < -0.39 is 0 Å². The maximum absolute atomic E-state index is 13.3.